The molecule has 1 N–H and O–H groups in total. The first kappa shape index (κ1) is 19.1. The lowest BCUT2D eigenvalue weighted by molar-refractivity contribution is -0.138. The SMILES string of the molecule is O=C(NCCCN1C(=O)CCC1=O)c1cn(-c2ccccc2)nc1-c1cccs1. The van der Waals surface area contributed by atoms with E-state index in [1.165, 1.54) is 16.2 Å². The van der Waals surface area contributed by atoms with Crippen LogP contribution in [0.5, 0.6) is 0 Å². The minimum absolute atomic E-state index is 0.134. The van der Waals surface area contributed by atoms with Crippen LogP contribution in [0.15, 0.2) is 54.0 Å². The van der Waals surface area contributed by atoms with Gasteiger partial charge in [-0.3, -0.25) is 19.3 Å². The van der Waals surface area contributed by atoms with Crippen molar-refractivity contribution in [3.05, 3.63) is 59.6 Å². The van der Waals surface area contributed by atoms with Gasteiger partial charge in [0.1, 0.15) is 5.69 Å². The van der Waals surface area contributed by atoms with E-state index in [9.17, 15) is 14.4 Å². The molecule has 0 atom stereocenters. The molecule has 29 heavy (non-hydrogen) atoms. The molecule has 0 aliphatic carbocycles. The molecule has 1 aromatic carbocycles. The average Bonchev–Trinajstić information content (AvgIpc) is 3.47. The van der Waals surface area contributed by atoms with Crippen molar-refractivity contribution in [3.63, 3.8) is 0 Å². The van der Waals surface area contributed by atoms with Crippen molar-refractivity contribution in [1.29, 1.82) is 0 Å². The number of nitrogens with zero attached hydrogens (tertiary/aromatic N) is 3. The molecule has 0 saturated carbocycles. The van der Waals surface area contributed by atoms with E-state index in [0.717, 1.165) is 10.6 Å². The maximum Gasteiger partial charge on any atom is 0.255 e. The Morgan fingerprint density at radius 1 is 1.07 bits per heavy atom. The largest absolute Gasteiger partial charge is 0.352 e. The van der Waals surface area contributed by atoms with Crippen LogP contribution in [-0.4, -0.2) is 45.5 Å². The van der Waals surface area contributed by atoms with Crippen molar-refractivity contribution >= 4 is 29.1 Å². The first-order chi connectivity index (χ1) is 14.1. The number of thiophene rings is 1. The summed E-state index contributed by atoms with van der Waals surface area (Å²) < 4.78 is 1.70. The van der Waals surface area contributed by atoms with Crippen LogP contribution in [0.1, 0.15) is 29.6 Å². The van der Waals surface area contributed by atoms with Crippen molar-refractivity contribution < 1.29 is 14.4 Å². The molecule has 0 radical (unpaired) electrons. The van der Waals surface area contributed by atoms with Gasteiger partial charge >= 0.3 is 0 Å². The molecule has 3 heterocycles. The lowest BCUT2D eigenvalue weighted by Crippen LogP contribution is -2.33. The minimum atomic E-state index is -0.227. The van der Waals surface area contributed by atoms with Crippen LogP contribution < -0.4 is 5.32 Å². The molecule has 1 aliphatic heterocycles. The van der Waals surface area contributed by atoms with Crippen LogP contribution in [0.4, 0.5) is 0 Å². The molecule has 1 aliphatic rings. The number of hydrogen-bond acceptors (Lipinski definition) is 5. The highest BCUT2D eigenvalue weighted by molar-refractivity contribution is 7.13. The average molecular weight is 408 g/mol. The fraction of sp³-hybridized carbons (Fsp3) is 0.238. The number of carbonyl (C=O) groups excluding carboxylic acids is 3. The van der Waals surface area contributed by atoms with E-state index in [1.807, 2.05) is 47.8 Å². The van der Waals surface area contributed by atoms with Crippen molar-refractivity contribution in [2.45, 2.75) is 19.3 Å². The molecular formula is C21H20N4O3S. The zero-order chi connectivity index (χ0) is 20.2. The topological polar surface area (TPSA) is 84.3 Å². The Bertz CT molecular complexity index is 1010. The monoisotopic (exact) mass is 408 g/mol. The summed E-state index contributed by atoms with van der Waals surface area (Å²) in [6.45, 7) is 0.704. The smallest absolute Gasteiger partial charge is 0.255 e. The number of carbonyl (C=O) groups is 3. The van der Waals surface area contributed by atoms with E-state index in [2.05, 4.69) is 10.4 Å². The zero-order valence-corrected chi connectivity index (χ0v) is 16.5. The van der Waals surface area contributed by atoms with E-state index in [0.29, 0.717) is 30.8 Å². The highest BCUT2D eigenvalue weighted by atomic mass is 32.1. The summed E-state index contributed by atoms with van der Waals surface area (Å²) in [5.74, 6) is -0.495. The maximum atomic E-state index is 12.8. The van der Waals surface area contributed by atoms with Gasteiger partial charge in [-0.1, -0.05) is 24.3 Å². The van der Waals surface area contributed by atoms with Crippen LogP contribution >= 0.6 is 11.3 Å². The van der Waals surface area contributed by atoms with Gasteiger partial charge in [0.25, 0.3) is 5.91 Å². The number of rotatable bonds is 7. The number of hydrogen-bond donors (Lipinski definition) is 1. The van der Waals surface area contributed by atoms with Crippen LogP contribution in [-0.2, 0) is 9.59 Å². The summed E-state index contributed by atoms with van der Waals surface area (Å²) in [4.78, 5) is 38.3. The van der Waals surface area contributed by atoms with Crippen LogP contribution in [0.3, 0.4) is 0 Å². The van der Waals surface area contributed by atoms with Gasteiger partial charge in [-0.05, 0) is 30.0 Å². The Balaban J connectivity index is 1.46. The van der Waals surface area contributed by atoms with E-state index in [4.69, 9.17) is 0 Å². The lowest BCUT2D eigenvalue weighted by Gasteiger charge is -2.13. The van der Waals surface area contributed by atoms with E-state index in [-0.39, 0.29) is 30.6 Å². The van der Waals surface area contributed by atoms with Gasteiger partial charge in [0.05, 0.1) is 16.1 Å². The summed E-state index contributed by atoms with van der Waals surface area (Å²) in [5, 5.41) is 9.45. The molecule has 4 rings (SSSR count). The molecule has 1 saturated heterocycles. The van der Waals surface area contributed by atoms with Crippen LogP contribution in [0, 0.1) is 0 Å². The molecule has 8 heteroatoms. The third-order valence-corrected chi connectivity index (χ3v) is 5.61. The Morgan fingerprint density at radius 2 is 1.83 bits per heavy atom. The summed E-state index contributed by atoms with van der Waals surface area (Å²) in [7, 11) is 0. The lowest BCUT2D eigenvalue weighted by atomic mass is 10.2. The fourth-order valence-corrected chi connectivity index (χ4v) is 3.98. The second kappa shape index (κ2) is 8.40. The number of benzene rings is 1. The van der Waals surface area contributed by atoms with Gasteiger partial charge in [0.2, 0.25) is 11.8 Å². The van der Waals surface area contributed by atoms with Crippen molar-refractivity contribution in [1.82, 2.24) is 20.0 Å². The number of para-hydroxylation sites is 1. The second-order valence-corrected chi connectivity index (χ2v) is 7.65. The predicted octanol–water partition coefficient (Wildman–Crippen LogP) is 2.87. The summed E-state index contributed by atoms with van der Waals surface area (Å²) in [6, 6.07) is 13.5. The quantitative estimate of drug-likeness (QED) is 0.481. The van der Waals surface area contributed by atoms with Crippen molar-refractivity contribution in [2.24, 2.45) is 0 Å². The molecule has 0 unspecified atom stereocenters. The van der Waals surface area contributed by atoms with Crippen LogP contribution in [0.2, 0.25) is 0 Å². The van der Waals surface area contributed by atoms with Crippen molar-refractivity contribution in [3.8, 4) is 16.3 Å². The molecule has 3 amide bonds. The zero-order valence-electron chi connectivity index (χ0n) is 15.7. The van der Waals surface area contributed by atoms with E-state index in [1.54, 1.807) is 10.9 Å². The Hall–Kier alpha value is -3.26. The number of aromatic nitrogens is 2. The van der Waals surface area contributed by atoms with Gasteiger partial charge in [-0.2, -0.15) is 5.10 Å². The first-order valence-corrected chi connectivity index (χ1v) is 10.3. The van der Waals surface area contributed by atoms with Gasteiger partial charge in [0, 0.05) is 32.1 Å². The summed E-state index contributed by atoms with van der Waals surface area (Å²) in [5.41, 5.74) is 1.99. The highest BCUT2D eigenvalue weighted by Gasteiger charge is 2.28. The van der Waals surface area contributed by atoms with Gasteiger partial charge in [-0.25, -0.2) is 4.68 Å². The molecule has 0 bridgehead atoms. The molecular weight excluding hydrogens is 388 g/mol. The first-order valence-electron chi connectivity index (χ1n) is 9.44. The number of imide groups is 1. The fourth-order valence-electron chi connectivity index (χ4n) is 3.25. The molecule has 0 spiro atoms. The Kier molecular flexibility index (Phi) is 5.53. The molecule has 3 aromatic rings. The molecule has 7 nitrogen and oxygen atoms in total. The molecule has 2 aromatic heterocycles. The third-order valence-electron chi connectivity index (χ3n) is 4.73. The predicted molar refractivity (Wildman–Crippen MR) is 110 cm³/mol. The molecule has 148 valence electrons. The second-order valence-electron chi connectivity index (χ2n) is 6.70. The highest BCUT2D eigenvalue weighted by Crippen LogP contribution is 2.27. The Labute approximate surface area is 172 Å². The van der Waals surface area contributed by atoms with Gasteiger partial charge < -0.3 is 5.32 Å². The number of likely N-dealkylation sites (tertiary alicyclic amines) is 1. The summed E-state index contributed by atoms with van der Waals surface area (Å²) >= 11 is 1.52. The minimum Gasteiger partial charge on any atom is -0.352 e. The Morgan fingerprint density at radius 3 is 2.52 bits per heavy atom. The van der Waals surface area contributed by atoms with E-state index < -0.39 is 0 Å². The molecule has 1 fully saturated rings. The van der Waals surface area contributed by atoms with Crippen molar-refractivity contribution in [2.75, 3.05) is 13.1 Å². The number of nitrogens with one attached hydrogen (secondary N) is 1. The number of amides is 3. The van der Waals surface area contributed by atoms with Gasteiger partial charge in [-0.15, -0.1) is 11.3 Å². The summed E-state index contributed by atoms with van der Waals surface area (Å²) in [6.07, 6.45) is 2.82. The standard InChI is InChI=1S/C21H20N4O3S/c26-18-9-10-19(27)24(18)12-5-11-22-21(28)16-14-25(15-6-2-1-3-7-15)23-20(16)17-8-4-13-29-17/h1-4,6-8,13-14H,5,9-12H2,(H,22,28). The van der Waals surface area contributed by atoms with E-state index >= 15 is 0 Å². The third kappa shape index (κ3) is 4.12. The normalized spacial score (nSPS) is 13.9. The van der Waals surface area contributed by atoms with Crippen LogP contribution in [0.25, 0.3) is 16.3 Å². The maximum absolute atomic E-state index is 12.8. The van der Waals surface area contributed by atoms with Gasteiger partial charge in [0.15, 0.2) is 0 Å².